The van der Waals surface area contributed by atoms with Crippen LogP contribution in [0.5, 0.6) is 5.75 Å². The Labute approximate surface area is 180 Å². The fraction of sp³-hybridized carbons (Fsp3) is 0.136. The fourth-order valence-electron chi connectivity index (χ4n) is 2.77. The maximum Gasteiger partial charge on any atom is 0.326 e. The molecule has 136 valence electrons. The molecule has 0 aromatic heterocycles. The molecule has 0 saturated carbocycles. The first-order valence-electron chi connectivity index (χ1n) is 8.55. The van der Waals surface area contributed by atoms with E-state index in [1.807, 2.05) is 37.7 Å². The van der Waals surface area contributed by atoms with Crippen LogP contribution in [0.1, 0.15) is 13.8 Å². The molecule has 0 fully saturated rings. The molecule has 0 atom stereocenters. The summed E-state index contributed by atoms with van der Waals surface area (Å²) in [6, 6.07) is 25.2. The van der Waals surface area contributed by atoms with E-state index in [0.717, 1.165) is 0 Å². The standard InChI is InChI=1S/C22H18IO2S2/c1-22(2,23)21(24)25-15-11-13-16(14-12-15)27-19-9-5-3-7-17(19)26-18-8-4-6-10-20(18)27/h3-14H,1-2H3/q+1. The van der Waals surface area contributed by atoms with Crippen molar-refractivity contribution in [2.24, 2.45) is 0 Å². The summed E-state index contributed by atoms with van der Waals surface area (Å²) in [5.74, 6) is 0.355. The van der Waals surface area contributed by atoms with Crippen molar-refractivity contribution < 1.29 is 9.53 Å². The number of hydrogen-bond donors (Lipinski definition) is 0. The first-order chi connectivity index (χ1) is 12.9. The van der Waals surface area contributed by atoms with Gasteiger partial charge in [0.15, 0.2) is 14.7 Å². The molecule has 0 bridgehead atoms. The van der Waals surface area contributed by atoms with Gasteiger partial charge in [0.05, 0.1) is 9.79 Å². The molecular formula is C22H18IO2S2+. The molecule has 0 unspecified atom stereocenters. The van der Waals surface area contributed by atoms with E-state index in [9.17, 15) is 4.79 Å². The number of ether oxygens (including phenoxy) is 1. The maximum atomic E-state index is 12.1. The van der Waals surface area contributed by atoms with Gasteiger partial charge < -0.3 is 4.74 Å². The third-order valence-corrected chi connectivity index (χ3v) is 8.30. The smallest absolute Gasteiger partial charge is 0.326 e. The van der Waals surface area contributed by atoms with E-state index in [4.69, 9.17) is 4.74 Å². The molecule has 0 aliphatic carbocycles. The number of esters is 1. The minimum Gasteiger partial charge on any atom is -0.426 e. The van der Waals surface area contributed by atoms with Crippen LogP contribution in [0.25, 0.3) is 0 Å². The average molecular weight is 505 g/mol. The van der Waals surface area contributed by atoms with Gasteiger partial charge in [-0.2, -0.15) is 0 Å². The third-order valence-electron chi connectivity index (χ3n) is 4.11. The molecule has 3 aromatic carbocycles. The minimum atomic E-state index is -0.545. The van der Waals surface area contributed by atoms with E-state index in [2.05, 4.69) is 83.3 Å². The lowest BCUT2D eigenvalue weighted by molar-refractivity contribution is -0.135. The Morgan fingerprint density at radius 3 is 1.93 bits per heavy atom. The van der Waals surface area contributed by atoms with Gasteiger partial charge in [0.1, 0.15) is 20.1 Å². The van der Waals surface area contributed by atoms with Crippen LogP contribution in [0, 0.1) is 0 Å². The number of rotatable bonds is 3. The van der Waals surface area contributed by atoms with Crippen LogP contribution in [-0.2, 0) is 15.7 Å². The molecule has 0 N–H and O–H groups in total. The first-order valence-corrected chi connectivity index (χ1v) is 11.7. The summed E-state index contributed by atoms with van der Waals surface area (Å²) in [4.78, 5) is 18.7. The largest absolute Gasteiger partial charge is 0.426 e. The summed E-state index contributed by atoms with van der Waals surface area (Å²) >= 11 is 3.93. The highest BCUT2D eigenvalue weighted by molar-refractivity contribution is 14.1. The van der Waals surface area contributed by atoms with Crippen molar-refractivity contribution in [2.75, 3.05) is 0 Å². The summed E-state index contributed by atoms with van der Waals surface area (Å²) in [5.41, 5.74) is 0. The van der Waals surface area contributed by atoms with Crippen LogP contribution in [-0.4, -0.2) is 9.39 Å². The molecule has 1 heterocycles. The minimum absolute atomic E-state index is 0.159. The van der Waals surface area contributed by atoms with Gasteiger partial charge >= 0.3 is 5.97 Å². The van der Waals surface area contributed by atoms with Gasteiger partial charge in [-0.3, -0.25) is 4.79 Å². The number of benzene rings is 3. The van der Waals surface area contributed by atoms with Crippen LogP contribution < -0.4 is 4.74 Å². The Balaban J connectivity index is 1.71. The van der Waals surface area contributed by atoms with E-state index in [-0.39, 0.29) is 16.9 Å². The summed E-state index contributed by atoms with van der Waals surface area (Å²) in [6.07, 6.45) is 0. The Morgan fingerprint density at radius 2 is 1.41 bits per heavy atom. The number of halogens is 1. The van der Waals surface area contributed by atoms with Gasteiger partial charge in [-0.25, -0.2) is 0 Å². The van der Waals surface area contributed by atoms with Crippen LogP contribution >= 0.6 is 34.4 Å². The van der Waals surface area contributed by atoms with E-state index < -0.39 is 3.42 Å². The van der Waals surface area contributed by atoms with Crippen molar-refractivity contribution in [2.45, 2.75) is 41.7 Å². The molecular weight excluding hydrogens is 487 g/mol. The quantitative estimate of drug-likeness (QED) is 0.107. The Kier molecular flexibility index (Phi) is 5.27. The van der Waals surface area contributed by atoms with E-state index in [1.54, 1.807) is 0 Å². The third kappa shape index (κ3) is 3.91. The van der Waals surface area contributed by atoms with E-state index in [1.165, 1.54) is 24.5 Å². The number of carbonyl (C=O) groups is 1. The molecule has 5 heteroatoms. The van der Waals surface area contributed by atoms with E-state index in [0.29, 0.717) is 5.75 Å². The monoisotopic (exact) mass is 505 g/mol. The zero-order valence-electron chi connectivity index (χ0n) is 14.9. The molecule has 0 saturated heterocycles. The normalized spacial score (nSPS) is 13.6. The molecule has 2 nitrogen and oxygen atoms in total. The number of carbonyl (C=O) groups excluding carboxylic acids is 1. The lowest BCUT2D eigenvalue weighted by Crippen LogP contribution is -2.28. The SMILES string of the molecule is CC(C)(I)C(=O)Oc1ccc([S+]2c3ccccc3Sc3ccccc32)cc1. The number of alkyl halides is 1. The lowest BCUT2D eigenvalue weighted by atomic mass is 10.2. The van der Waals surface area contributed by atoms with Gasteiger partial charge in [-0.05, 0) is 62.4 Å². The lowest BCUT2D eigenvalue weighted by Gasteiger charge is -2.19. The number of hydrogen-bond acceptors (Lipinski definition) is 3. The van der Waals surface area contributed by atoms with Gasteiger partial charge in [0, 0.05) is 0 Å². The zero-order chi connectivity index (χ0) is 19.0. The van der Waals surface area contributed by atoms with Gasteiger partial charge in [-0.1, -0.05) is 58.6 Å². The molecule has 1 aliphatic rings. The molecule has 4 rings (SSSR count). The van der Waals surface area contributed by atoms with Gasteiger partial charge in [0.25, 0.3) is 0 Å². The highest BCUT2D eigenvalue weighted by Gasteiger charge is 2.37. The first kappa shape index (κ1) is 18.9. The Bertz CT molecular complexity index is 948. The molecule has 0 radical (unpaired) electrons. The predicted molar refractivity (Wildman–Crippen MR) is 119 cm³/mol. The summed E-state index contributed by atoms with van der Waals surface area (Å²) in [5, 5.41) is 0. The second-order valence-electron chi connectivity index (χ2n) is 6.64. The summed E-state index contributed by atoms with van der Waals surface area (Å²) in [6.45, 7) is 3.69. The summed E-state index contributed by atoms with van der Waals surface area (Å²) in [7, 11) is -0.159. The molecule has 27 heavy (non-hydrogen) atoms. The van der Waals surface area contributed by atoms with Crippen molar-refractivity contribution in [1.29, 1.82) is 0 Å². The maximum absolute atomic E-state index is 12.1. The van der Waals surface area contributed by atoms with Crippen LogP contribution in [0.3, 0.4) is 0 Å². The molecule has 0 amide bonds. The van der Waals surface area contributed by atoms with Crippen molar-refractivity contribution >= 4 is 51.2 Å². The second kappa shape index (κ2) is 7.53. The van der Waals surface area contributed by atoms with Crippen molar-refractivity contribution in [3.05, 3.63) is 72.8 Å². The fourth-order valence-corrected chi connectivity index (χ4v) is 6.62. The average Bonchev–Trinajstić information content (AvgIpc) is 2.66. The molecule has 3 aromatic rings. The van der Waals surface area contributed by atoms with Crippen LogP contribution in [0.2, 0.25) is 0 Å². The second-order valence-corrected chi connectivity index (χ2v) is 12.4. The zero-order valence-corrected chi connectivity index (χ0v) is 18.7. The molecule has 1 aliphatic heterocycles. The summed E-state index contributed by atoms with van der Waals surface area (Å²) < 4.78 is 4.97. The topological polar surface area (TPSA) is 26.3 Å². The van der Waals surface area contributed by atoms with Crippen molar-refractivity contribution in [1.82, 2.24) is 0 Å². The molecule has 0 spiro atoms. The van der Waals surface area contributed by atoms with E-state index >= 15 is 0 Å². The van der Waals surface area contributed by atoms with Crippen molar-refractivity contribution in [3.63, 3.8) is 0 Å². The van der Waals surface area contributed by atoms with Gasteiger partial charge in [-0.15, -0.1) is 0 Å². The Morgan fingerprint density at radius 1 is 0.889 bits per heavy atom. The Hall–Kier alpha value is -1.44. The number of fused-ring (bicyclic) bond motifs is 2. The highest BCUT2D eigenvalue weighted by atomic mass is 127. The highest BCUT2D eigenvalue weighted by Crippen LogP contribution is 2.48. The van der Waals surface area contributed by atoms with Crippen LogP contribution in [0.4, 0.5) is 0 Å². The predicted octanol–water partition coefficient (Wildman–Crippen LogP) is 6.37. The van der Waals surface area contributed by atoms with Crippen molar-refractivity contribution in [3.8, 4) is 5.75 Å². The van der Waals surface area contributed by atoms with Gasteiger partial charge in [0.2, 0.25) is 0 Å². The van der Waals surface area contributed by atoms with Crippen LogP contribution in [0.15, 0.2) is 97.3 Å².